The molecule has 8 nitrogen and oxygen atoms in total. The molecule has 0 fully saturated rings. The SMILES string of the molecule is CC[C@@H](NC(=O)c1cc(C(O)N[C@H](CC)c2ncccn2)c2n1CCOC2)c1ccc(C(F)(F)F)cc1. The maximum atomic E-state index is 13.3. The molecule has 3 heterocycles. The summed E-state index contributed by atoms with van der Waals surface area (Å²) >= 11 is 0. The summed E-state index contributed by atoms with van der Waals surface area (Å²) in [5, 5.41) is 17.1. The van der Waals surface area contributed by atoms with Gasteiger partial charge in [0.05, 0.1) is 36.6 Å². The van der Waals surface area contributed by atoms with Crippen LogP contribution in [0, 0.1) is 0 Å². The van der Waals surface area contributed by atoms with Gasteiger partial charge in [0.15, 0.2) is 0 Å². The summed E-state index contributed by atoms with van der Waals surface area (Å²) in [7, 11) is 0. The summed E-state index contributed by atoms with van der Waals surface area (Å²) in [6.45, 7) is 4.87. The van der Waals surface area contributed by atoms with E-state index in [1.807, 2.05) is 18.4 Å². The van der Waals surface area contributed by atoms with Gasteiger partial charge in [0.25, 0.3) is 5.91 Å². The number of rotatable bonds is 9. The third kappa shape index (κ3) is 6.00. The number of aliphatic hydroxyl groups excluding tert-OH is 1. The zero-order chi connectivity index (χ0) is 26.6. The Balaban J connectivity index is 1.56. The first-order valence-electron chi connectivity index (χ1n) is 12.2. The first-order valence-corrected chi connectivity index (χ1v) is 12.2. The molecular formula is C26H30F3N5O3. The number of benzene rings is 1. The fraction of sp³-hybridized carbons (Fsp3) is 0.423. The van der Waals surface area contributed by atoms with Gasteiger partial charge in [-0.1, -0.05) is 26.0 Å². The lowest BCUT2D eigenvalue weighted by molar-refractivity contribution is -0.137. The van der Waals surface area contributed by atoms with E-state index in [0.717, 1.165) is 12.1 Å². The molecule has 0 saturated heterocycles. The summed E-state index contributed by atoms with van der Waals surface area (Å²) in [5.41, 5.74) is 1.39. The smallest absolute Gasteiger partial charge is 0.374 e. The minimum absolute atomic E-state index is 0.232. The standard InChI is InChI=1S/C26H30F3N5O3/c1-3-19(16-6-8-17(9-7-16)26(27,28)29)32-25(36)21-14-18(22-15-37-13-12-34(21)22)24(35)33-20(4-2)23-30-10-5-11-31-23/h5-11,14,19-20,24,33,35H,3-4,12-13,15H2,1-2H3,(H,32,36)/t19-,20-,24?/m1/s1. The highest BCUT2D eigenvalue weighted by atomic mass is 19.4. The summed E-state index contributed by atoms with van der Waals surface area (Å²) in [6, 6.07) is 7.36. The topological polar surface area (TPSA) is 101 Å². The molecule has 4 rings (SSSR count). The van der Waals surface area contributed by atoms with E-state index in [-0.39, 0.29) is 18.6 Å². The molecule has 1 unspecified atom stereocenters. The zero-order valence-corrected chi connectivity index (χ0v) is 20.6. The predicted octanol–water partition coefficient (Wildman–Crippen LogP) is 4.44. The van der Waals surface area contributed by atoms with Crippen molar-refractivity contribution in [2.24, 2.45) is 0 Å². The van der Waals surface area contributed by atoms with Crippen LogP contribution >= 0.6 is 0 Å². The van der Waals surface area contributed by atoms with Crippen molar-refractivity contribution in [2.45, 2.75) is 64.3 Å². The molecular weight excluding hydrogens is 487 g/mol. The van der Waals surface area contributed by atoms with Gasteiger partial charge in [0.2, 0.25) is 0 Å². The van der Waals surface area contributed by atoms with E-state index < -0.39 is 24.0 Å². The molecule has 2 aromatic heterocycles. The average Bonchev–Trinajstić information content (AvgIpc) is 3.30. The number of hydrogen-bond acceptors (Lipinski definition) is 6. The summed E-state index contributed by atoms with van der Waals surface area (Å²) in [4.78, 5) is 21.9. The molecule has 1 aliphatic rings. The Morgan fingerprint density at radius 3 is 2.43 bits per heavy atom. The minimum Gasteiger partial charge on any atom is -0.374 e. The number of aliphatic hydroxyl groups is 1. The van der Waals surface area contributed by atoms with E-state index >= 15 is 0 Å². The highest BCUT2D eigenvalue weighted by Gasteiger charge is 2.31. The molecule has 0 bridgehead atoms. The number of amides is 1. The number of nitrogens with one attached hydrogen (secondary N) is 2. The average molecular weight is 518 g/mol. The van der Waals surface area contributed by atoms with E-state index in [9.17, 15) is 23.1 Å². The Morgan fingerprint density at radius 1 is 1.14 bits per heavy atom. The number of alkyl halides is 3. The molecule has 1 aromatic carbocycles. The van der Waals surface area contributed by atoms with Crippen LogP contribution in [0.2, 0.25) is 0 Å². The Kier molecular flexibility index (Phi) is 8.25. The third-order valence-corrected chi connectivity index (χ3v) is 6.49. The molecule has 0 saturated carbocycles. The van der Waals surface area contributed by atoms with Crippen LogP contribution in [0.1, 0.15) is 83.7 Å². The number of carbonyl (C=O) groups excluding carboxylic acids is 1. The van der Waals surface area contributed by atoms with Gasteiger partial charge in [0, 0.05) is 24.5 Å². The van der Waals surface area contributed by atoms with Crippen LogP contribution in [-0.2, 0) is 24.1 Å². The van der Waals surface area contributed by atoms with Crippen molar-refractivity contribution in [2.75, 3.05) is 6.61 Å². The Morgan fingerprint density at radius 2 is 1.81 bits per heavy atom. The first kappa shape index (κ1) is 26.8. The molecule has 198 valence electrons. The normalized spacial score (nSPS) is 16.1. The molecule has 0 radical (unpaired) electrons. The van der Waals surface area contributed by atoms with E-state index in [1.165, 1.54) is 12.1 Å². The van der Waals surface area contributed by atoms with Crippen molar-refractivity contribution in [3.05, 3.63) is 82.7 Å². The van der Waals surface area contributed by atoms with E-state index in [4.69, 9.17) is 4.74 Å². The van der Waals surface area contributed by atoms with Gasteiger partial charge < -0.3 is 19.7 Å². The molecule has 1 aliphatic heterocycles. The van der Waals surface area contributed by atoms with Crippen LogP contribution < -0.4 is 10.6 Å². The minimum atomic E-state index is -4.43. The number of halogens is 3. The van der Waals surface area contributed by atoms with Gasteiger partial charge in [-0.05, 0) is 42.7 Å². The predicted molar refractivity (Wildman–Crippen MR) is 129 cm³/mol. The maximum Gasteiger partial charge on any atom is 0.416 e. The molecule has 3 atom stereocenters. The lowest BCUT2D eigenvalue weighted by Crippen LogP contribution is -2.31. The Labute approximate surface area is 212 Å². The van der Waals surface area contributed by atoms with Crippen molar-refractivity contribution >= 4 is 5.91 Å². The third-order valence-electron chi connectivity index (χ3n) is 6.49. The maximum absolute atomic E-state index is 13.3. The first-order chi connectivity index (χ1) is 17.7. The lowest BCUT2D eigenvalue weighted by atomic mass is 10.0. The second-order valence-electron chi connectivity index (χ2n) is 8.83. The van der Waals surface area contributed by atoms with Crippen LogP contribution in [0.4, 0.5) is 13.2 Å². The van der Waals surface area contributed by atoms with Gasteiger partial charge >= 0.3 is 6.18 Å². The van der Waals surface area contributed by atoms with Gasteiger partial charge in [-0.2, -0.15) is 13.2 Å². The highest BCUT2D eigenvalue weighted by molar-refractivity contribution is 5.93. The van der Waals surface area contributed by atoms with Crippen molar-refractivity contribution in [3.8, 4) is 0 Å². The number of carbonyl (C=O) groups is 1. The van der Waals surface area contributed by atoms with Crippen LogP contribution in [0.15, 0.2) is 48.8 Å². The number of nitrogens with zero attached hydrogens (tertiary/aromatic N) is 3. The van der Waals surface area contributed by atoms with Crippen molar-refractivity contribution in [1.29, 1.82) is 0 Å². The molecule has 37 heavy (non-hydrogen) atoms. The largest absolute Gasteiger partial charge is 0.416 e. The highest BCUT2D eigenvalue weighted by Crippen LogP contribution is 2.31. The molecule has 3 N–H and O–H groups in total. The number of ether oxygens (including phenoxy) is 1. The van der Waals surface area contributed by atoms with Crippen molar-refractivity contribution in [1.82, 2.24) is 25.2 Å². The molecule has 11 heteroatoms. The van der Waals surface area contributed by atoms with E-state index in [1.54, 1.807) is 24.5 Å². The van der Waals surface area contributed by atoms with E-state index in [2.05, 4.69) is 20.6 Å². The quantitative estimate of drug-likeness (QED) is 0.363. The summed E-state index contributed by atoms with van der Waals surface area (Å²) in [5.74, 6) is 0.167. The second kappa shape index (κ2) is 11.4. The summed E-state index contributed by atoms with van der Waals surface area (Å²) in [6.07, 6.45) is -1.14. The Hall–Kier alpha value is -3.28. The van der Waals surface area contributed by atoms with Crippen LogP contribution in [0.25, 0.3) is 0 Å². The molecule has 3 aromatic rings. The van der Waals surface area contributed by atoms with Gasteiger partial charge in [-0.15, -0.1) is 0 Å². The van der Waals surface area contributed by atoms with Crippen LogP contribution in [-0.4, -0.2) is 32.2 Å². The van der Waals surface area contributed by atoms with Gasteiger partial charge in [-0.25, -0.2) is 9.97 Å². The zero-order valence-electron chi connectivity index (χ0n) is 20.6. The molecule has 0 spiro atoms. The fourth-order valence-corrected chi connectivity index (χ4v) is 4.48. The number of hydrogen-bond donors (Lipinski definition) is 3. The van der Waals surface area contributed by atoms with Crippen molar-refractivity contribution < 1.29 is 27.8 Å². The number of fused-ring (bicyclic) bond motifs is 1. The second-order valence-corrected chi connectivity index (χ2v) is 8.83. The van der Waals surface area contributed by atoms with Crippen LogP contribution in [0.5, 0.6) is 0 Å². The molecule has 1 amide bonds. The van der Waals surface area contributed by atoms with Gasteiger partial charge in [-0.3, -0.25) is 10.1 Å². The monoisotopic (exact) mass is 517 g/mol. The van der Waals surface area contributed by atoms with Crippen molar-refractivity contribution in [3.63, 3.8) is 0 Å². The van der Waals surface area contributed by atoms with Crippen LogP contribution in [0.3, 0.4) is 0 Å². The Bertz CT molecular complexity index is 1200. The lowest BCUT2D eigenvalue weighted by Gasteiger charge is -2.23. The summed E-state index contributed by atoms with van der Waals surface area (Å²) < 4.78 is 46.3. The number of aromatic nitrogens is 3. The fourth-order valence-electron chi connectivity index (χ4n) is 4.48. The van der Waals surface area contributed by atoms with E-state index in [0.29, 0.717) is 54.3 Å². The molecule has 0 aliphatic carbocycles. The van der Waals surface area contributed by atoms with Gasteiger partial charge in [0.1, 0.15) is 17.7 Å².